The normalized spacial score (nSPS) is 12.7. The van der Waals surface area contributed by atoms with Crippen LogP contribution in [0.2, 0.25) is 5.02 Å². The molecule has 0 radical (unpaired) electrons. The molecule has 9 heteroatoms. The largest absolute Gasteiger partial charge is 0.332 e. The molecule has 1 heterocycles. The van der Waals surface area contributed by atoms with Crippen LogP contribution in [0, 0.1) is 0 Å². The Morgan fingerprint density at radius 3 is 2.48 bits per heavy atom. The molecule has 0 atom stereocenters. The molecule has 0 saturated carbocycles. The Kier molecular flexibility index (Phi) is 5.79. The number of nitrogens with one attached hydrogen (secondary N) is 2. The molecule has 0 fully saturated rings. The number of carbonyl (C=O) groups excluding carboxylic acids is 3. The number of amides is 3. The Bertz CT molecular complexity index is 947. The van der Waals surface area contributed by atoms with Crippen molar-refractivity contribution in [3.05, 3.63) is 58.6 Å². The van der Waals surface area contributed by atoms with Gasteiger partial charge in [0.25, 0.3) is 11.8 Å². The Hall–Kier alpha value is -2.42. The van der Waals surface area contributed by atoms with E-state index >= 15 is 0 Å². The van der Waals surface area contributed by atoms with E-state index < -0.39 is 0 Å². The quantitative estimate of drug-likeness (QED) is 0.450. The monoisotopic (exact) mass is 419 g/mol. The average Bonchev–Trinajstić information content (AvgIpc) is 2.85. The van der Waals surface area contributed by atoms with Gasteiger partial charge in [-0.05, 0) is 54.7 Å². The van der Waals surface area contributed by atoms with Crippen LogP contribution in [0.15, 0.2) is 47.4 Å². The molecule has 1 aliphatic heterocycles. The summed E-state index contributed by atoms with van der Waals surface area (Å²) in [6.07, 6.45) is 0. The molecule has 6 nitrogen and oxygen atoms in total. The number of carbonyl (C=O) groups is 3. The maximum Gasteiger partial charge on any atom is 0.261 e. The van der Waals surface area contributed by atoms with Crippen molar-refractivity contribution in [1.82, 2.24) is 10.2 Å². The smallest absolute Gasteiger partial charge is 0.261 e. The average molecular weight is 420 g/mol. The maximum absolute atomic E-state index is 12.0. The number of hydrogen-bond acceptors (Lipinski definition) is 5. The van der Waals surface area contributed by atoms with Crippen molar-refractivity contribution < 1.29 is 14.4 Å². The number of rotatable bonds is 4. The minimum atomic E-state index is -0.368. The number of hydrogen-bond donors (Lipinski definition) is 2. The predicted molar refractivity (Wildman–Crippen MR) is 109 cm³/mol. The Morgan fingerprint density at radius 1 is 1.11 bits per heavy atom. The highest BCUT2D eigenvalue weighted by atomic mass is 35.5. The van der Waals surface area contributed by atoms with Crippen LogP contribution in [0.1, 0.15) is 20.7 Å². The first kappa shape index (κ1) is 19.3. The van der Waals surface area contributed by atoms with Gasteiger partial charge in [-0.3, -0.25) is 19.3 Å². The van der Waals surface area contributed by atoms with Gasteiger partial charge in [0, 0.05) is 22.7 Å². The maximum atomic E-state index is 12.0. The molecule has 0 aliphatic carbocycles. The van der Waals surface area contributed by atoms with Crippen LogP contribution in [0.25, 0.3) is 0 Å². The summed E-state index contributed by atoms with van der Waals surface area (Å²) in [7, 11) is 1.43. The highest BCUT2D eigenvalue weighted by molar-refractivity contribution is 8.00. The molecule has 2 N–H and O–H groups in total. The molecule has 1 aliphatic rings. The molecule has 0 bridgehead atoms. The summed E-state index contributed by atoms with van der Waals surface area (Å²) in [5.41, 5.74) is 1.17. The SMILES string of the molecule is CN1C(=O)c2ccc(NC(=S)NC(=O)CSc3ccc(Cl)cc3)cc2C1=O. The molecule has 2 aromatic rings. The topological polar surface area (TPSA) is 78.5 Å². The summed E-state index contributed by atoms with van der Waals surface area (Å²) in [5.74, 6) is -0.782. The van der Waals surface area contributed by atoms with Crippen LogP contribution in [-0.2, 0) is 4.79 Å². The van der Waals surface area contributed by atoms with E-state index in [1.54, 1.807) is 30.3 Å². The molecule has 2 aromatic carbocycles. The Labute approximate surface area is 170 Å². The number of thiocarbonyl (C=S) groups is 1. The van der Waals surface area contributed by atoms with Crippen LogP contribution in [-0.4, -0.2) is 40.5 Å². The molecule has 0 saturated heterocycles. The van der Waals surface area contributed by atoms with E-state index in [1.807, 2.05) is 12.1 Å². The van der Waals surface area contributed by atoms with Crippen LogP contribution < -0.4 is 10.6 Å². The van der Waals surface area contributed by atoms with Gasteiger partial charge in [0.1, 0.15) is 0 Å². The van der Waals surface area contributed by atoms with E-state index in [0.29, 0.717) is 21.8 Å². The lowest BCUT2D eigenvalue weighted by Gasteiger charge is -2.10. The number of benzene rings is 2. The zero-order valence-corrected chi connectivity index (χ0v) is 16.5. The van der Waals surface area contributed by atoms with Gasteiger partial charge < -0.3 is 10.6 Å². The van der Waals surface area contributed by atoms with Crippen molar-refractivity contribution in [2.75, 3.05) is 18.1 Å². The number of fused-ring (bicyclic) bond motifs is 1. The molecule has 27 heavy (non-hydrogen) atoms. The molecular formula is C18H14ClN3O3S2. The summed E-state index contributed by atoms with van der Waals surface area (Å²) in [5, 5.41) is 6.17. The molecule has 3 amide bonds. The fraction of sp³-hybridized carbons (Fsp3) is 0.111. The second-order valence-electron chi connectivity index (χ2n) is 5.67. The fourth-order valence-corrected chi connectivity index (χ4v) is 3.50. The summed E-state index contributed by atoms with van der Waals surface area (Å²) >= 11 is 12.3. The first-order valence-corrected chi connectivity index (χ1v) is 9.58. The highest BCUT2D eigenvalue weighted by Gasteiger charge is 2.32. The van der Waals surface area contributed by atoms with Gasteiger partial charge in [0.15, 0.2) is 5.11 Å². The number of thioether (sulfide) groups is 1. The van der Waals surface area contributed by atoms with Crippen molar-refractivity contribution in [2.24, 2.45) is 0 Å². The molecule has 138 valence electrons. The van der Waals surface area contributed by atoms with E-state index in [2.05, 4.69) is 10.6 Å². The Balaban J connectivity index is 1.55. The van der Waals surface area contributed by atoms with Crippen LogP contribution in [0.5, 0.6) is 0 Å². The van der Waals surface area contributed by atoms with Crippen molar-refractivity contribution in [2.45, 2.75) is 4.90 Å². The summed E-state index contributed by atoms with van der Waals surface area (Å²) in [6, 6.07) is 11.9. The van der Waals surface area contributed by atoms with Crippen molar-refractivity contribution in [3.63, 3.8) is 0 Å². The van der Waals surface area contributed by atoms with Gasteiger partial charge in [-0.15, -0.1) is 11.8 Å². The van der Waals surface area contributed by atoms with E-state index in [0.717, 1.165) is 9.80 Å². The van der Waals surface area contributed by atoms with Crippen LogP contribution >= 0.6 is 35.6 Å². The van der Waals surface area contributed by atoms with E-state index in [1.165, 1.54) is 18.8 Å². The number of halogens is 1. The summed E-state index contributed by atoms with van der Waals surface area (Å²) < 4.78 is 0. The second-order valence-corrected chi connectivity index (χ2v) is 7.57. The molecule has 3 rings (SSSR count). The van der Waals surface area contributed by atoms with E-state index in [9.17, 15) is 14.4 Å². The zero-order chi connectivity index (χ0) is 19.6. The zero-order valence-electron chi connectivity index (χ0n) is 14.1. The Morgan fingerprint density at radius 2 is 1.78 bits per heavy atom. The van der Waals surface area contributed by atoms with Gasteiger partial charge in [0.05, 0.1) is 16.9 Å². The minimum Gasteiger partial charge on any atom is -0.332 e. The third-order valence-corrected chi connectivity index (χ3v) is 5.25. The van der Waals surface area contributed by atoms with Gasteiger partial charge in [-0.1, -0.05) is 11.6 Å². The lowest BCUT2D eigenvalue weighted by Crippen LogP contribution is -2.35. The first-order valence-electron chi connectivity index (χ1n) is 7.81. The molecule has 0 spiro atoms. The van der Waals surface area contributed by atoms with Gasteiger partial charge in [-0.2, -0.15) is 0 Å². The molecule has 0 unspecified atom stereocenters. The third-order valence-electron chi connectivity index (χ3n) is 3.78. The van der Waals surface area contributed by atoms with E-state index in [4.69, 9.17) is 23.8 Å². The van der Waals surface area contributed by atoms with Gasteiger partial charge >= 0.3 is 0 Å². The van der Waals surface area contributed by atoms with Crippen molar-refractivity contribution in [3.8, 4) is 0 Å². The van der Waals surface area contributed by atoms with E-state index in [-0.39, 0.29) is 28.6 Å². The van der Waals surface area contributed by atoms with Gasteiger partial charge in [0.2, 0.25) is 5.91 Å². The first-order chi connectivity index (χ1) is 12.8. The van der Waals surface area contributed by atoms with Gasteiger partial charge in [-0.25, -0.2) is 0 Å². The molecule has 0 aromatic heterocycles. The van der Waals surface area contributed by atoms with Crippen molar-refractivity contribution >= 4 is 64.1 Å². The summed E-state index contributed by atoms with van der Waals surface area (Å²) in [4.78, 5) is 37.9. The second kappa shape index (κ2) is 8.08. The number of nitrogens with zero attached hydrogens (tertiary/aromatic N) is 1. The van der Waals surface area contributed by atoms with Crippen LogP contribution in [0.3, 0.4) is 0 Å². The summed E-state index contributed by atoms with van der Waals surface area (Å²) in [6.45, 7) is 0. The lowest BCUT2D eigenvalue weighted by atomic mass is 10.1. The standard InChI is InChI=1S/C18H14ClN3O3S2/c1-22-16(24)13-7-4-11(8-14(13)17(22)25)20-18(26)21-15(23)9-27-12-5-2-10(19)3-6-12/h2-8H,9H2,1H3,(H2,20,21,23,26). The van der Waals surface area contributed by atoms with Crippen LogP contribution in [0.4, 0.5) is 5.69 Å². The van der Waals surface area contributed by atoms with Crippen molar-refractivity contribution in [1.29, 1.82) is 0 Å². The number of anilines is 1. The lowest BCUT2D eigenvalue weighted by molar-refractivity contribution is -0.117. The third kappa shape index (κ3) is 4.47. The highest BCUT2D eigenvalue weighted by Crippen LogP contribution is 2.24. The fourth-order valence-electron chi connectivity index (χ4n) is 2.44. The minimum absolute atomic E-state index is 0.113. The molecular weight excluding hydrogens is 406 g/mol. The predicted octanol–water partition coefficient (Wildman–Crippen LogP) is 3.17. The number of imide groups is 1.